The molecule has 0 atom stereocenters. The summed E-state index contributed by atoms with van der Waals surface area (Å²) in [6.45, 7) is 0.566. The Labute approximate surface area is 188 Å². The number of hydrogen-bond acceptors (Lipinski definition) is 3. The van der Waals surface area contributed by atoms with Crippen LogP contribution in [0.5, 0.6) is 0 Å². The highest BCUT2D eigenvalue weighted by Gasteiger charge is 2.26. The summed E-state index contributed by atoms with van der Waals surface area (Å²) in [6, 6.07) is 27.1. The molecule has 1 amide bonds. The van der Waals surface area contributed by atoms with Gasteiger partial charge in [-0.1, -0.05) is 60.7 Å². The van der Waals surface area contributed by atoms with Gasteiger partial charge in [-0.25, -0.2) is 4.98 Å². The maximum Gasteiger partial charge on any atom is 0.223 e. The van der Waals surface area contributed by atoms with E-state index in [1.165, 1.54) is 11.1 Å². The van der Waals surface area contributed by atoms with Crippen molar-refractivity contribution in [2.24, 2.45) is 5.92 Å². The molecule has 1 fully saturated rings. The summed E-state index contributed by atoms with van der Waals surface area (Å²) in [7, 11) is 0. The van der Waals surface area contributed by atoms with E-state index in [9.17, 15) is 4.79 Å². The van der Waals surface area contributed by atoms with Gasteiger partial charge in [0.1, 0.15) is 0 Å². The Kier molecular flexibility index (Phi) is 5.88. The Hall–Kier alpha value is -3.60. The molecule has 0 spiro atoms. The van der Waals surface area contributed by atoms with Gasteiger partial charge in [0, 0.05) is 18.5 Å². The second-order valence-corrected chi connectivity index (χ2v) is 8.58. The van der Waals surface area contributed by atoms with Gasteiger partial charge in [0.2, 0.25) is 11.9 Å². The maximum atomic E-state index is 12.8. The van der Waals surface area contributed by atoms with Crippen LogP contribution in [0.15, 0.2) is 78.9 Å². The van der Waals surface area contributed by atoms with E-state index in [-0.39, 0.29) is 11.8 Å². The number of anilines is 1. The molecule has 5 nitrogen and oxygen atoms in total. The first kappa shape index (κ1) is 20.3. The number of H-pyrrole nitrogens is 1. The van der Waals surface area contributed by atoms with Crippen molar-refractivity contribution in [3.8, 4) is 11.1 Å². The van der Waals surface area contributed by atoms with Crippen molar-refractivity contribution >= 4 is 22.9 Å². The molecule has 0 aliphatic heterocycles. The minimum atomic E-state index is 0.0843. The zero-order valence-corrected chi connectivity index (χ0v) is 18.1. The van der Waals surface area contributed by atoms with Crippen LogP contribution in [-0.2, 0) is 11.3 Å². The van der Waals surface area contributed by atoms with Crippen LogP contribution in [-0.4, -0.2) is 21.9 Å². The highest BCUT2D eigenvalue weighted by atomic mass is 16.1. The lowest BCUT2D eigenvalue weighted by Gasteiger charge is -2.28. The van der Waals surface area contributed by atoms with Gasteiger partial charge in [-0.2, -0.15) is 0 Å². The summed E-state index contributed by atoms with van der Waals surface area (Å²) < 4.78 is 0. The number of rotatable bonds is 6. The number of amides is 1. The largest absolute Gasteiger partial charge is 0.353 e. The molecule has 0 bridgehead atoms. The lowest BCUT2D eigenvalue weighted by Crippen LogP contribution is -2.35. The zero-order valence-electron chi connectivity index (χ0n) is 18.1. The number of carbonyl (C=O) groups excluding carboxylic acids is 1. The van der Waals surface area contributed by atoms with E-state index in [1.807, 2.05) is 42.5 Å². The summed E-state index contributed by atoms with van der Waals surface area (Å²) >= 11 is 0. The number of nitrogens with one attached hydrogen (secondary N) is 3. The molecule has 1 aromatic heterocycles. The number of hydrogen-bond donors (Lipinski definition) is 3. The van der Waals surface area contributed by atoms with Gasteiger partial charge in [0.25, 0.3) is 0 Å². The summed E-state index contributed by atoms with van der Waals surface area (Å²) in [5.41, 5.74) is 5.50. The third-order valence-electron chi connectivity index (χ3n) is 6.33. The molecule has 4 aromatic rings. The van der Waals surface area contributed by atoms with Crippen LogP contribution in [0.4, 0.5) is 5.95 Å². The van der Waals surface area contributed by atoms with Gasteiger partial charge in [0.05, 0.1) is 11.0 Å². The third-order valence-corrected chi connectivity index (χ3v) is 6.33. The fourth-order valence-corrected chi connectivity index (χ4v) is 4.54. The van der Waals surface area contributed by atoms with Gasteiger partial charge < -0.3 is 15.6 Å². The van der Waals surface area contributed by atoms with Crippen molar-refractivity contribution in [2.45, 2.75) is 38.3 Å². The van der Waals surface area contributed by atoms with Crippen LogP contribution in [0.2, 0.25) is 0 Å². The fraction of sp³-hybridized carbons (Fsp3) is 0.259. The average molecular weight is 425 g/mol. The minimum Gasteiger partial charge on any atom is -0.353 e. The number of benzene rings is 3. The molecule has 5 heteroatoms. The molecule has 5 rings (SSSR count). The van der Waals surface area contributed by atoms with Crippen LogP contribution in [0.1, 0.15) is 31.2 Å². The first-order valence-electron chi connectivity index (χ1n) is 11.4. The Morgan fingerprint density at radius 3 is 2.44 bits per heavy atom. The van der Waals surface area contributed by atoms with E-state index in [0.29, 0.717) is 12.6 Å². The number of nitrogens with zero attached hydrogens (tertiary/aromatic N) is 1. The summed E-state index contributed by atoms with van der Waals surface area (Å²) in [6.07, 6.45) is 3.73. The minimum absolute atomic E-state index is 0.0843. The Morgan fingerprint density at radius 1 is 0.875 bits per heavy atom. The van der Waals surface area contributed by atoms with Crippen molar-refractivity contribution in [3.05, 3.63) is 84.4 Å². The molecule has 1 saturated carbocycles. The topological polar surface area (TPSA) is 69.8 Å². The van der Waals surface area contributed by atoms with Crippen molar-refractivity contribution in [1.29, 1.82) is 0 Å². The average Bonchev–Trinajstić information content (AvgIpc) is 3.26. The molecule has 1 heterocycles. The van der Waals surface area contributed by atoms with E-state index in [2.05, 4.69) is 57.0 Å². The van der Waals surface area contributed by atoms with Crippen molar-refractivity contribution in [1.82, 2.24) is 15.3 Å². The van der Waals surface area contributed by atoms with Crippen molar-refractivity contribution < 1.29 is 4.79 Å². The normalized spacial score (nSPS) is 18.4. The zero-order chi connectivity index (χ0) is 21.8. The number of carbonyl (C=O) groups is 1. The fourth-order valence-electron chi connectivity index (χ4n) is 4.54. The number of imidazole rings is 1. The Morgan fingerprint density at radius 2 is 1.62 bits per heavy atom. The highest BCUT2D eigenvalue weighted by molar-refractivity contribution is 5.79. The molecule has 1 aliphatic rings. The SMILES string of the molecule is O=C(NCc1cccc(-c2ccccc2)c1)C1CCC(Nc2nc3ccccc3[nH]2)CC1. The number of para-hydroxylation sites is 2. The maximum absolute atomic E-state index is 12.8. The number of aromatic amines is 1. The van der Waals surface area contributed by atoms with Gasteiger partial charge in [-0.15, -0.1) is 0 Å². The van der Waals surface area contributed by atoms with Crippen molar-refractivity contribution in [3.63, 3.8) is 0 Å². The molecule has 3 N–H and O–H groups in total. The first-order chi connectivity index (χ1) is 15.7. The molecule has 162 valence electrons. The molecule has 1 aliphatic carbocycles. The van der Waals surface area contributed by atoms with E-state index in [4.69, 9.17) is 0 Å². The Bertz CT molecular complexity index is 1160. The van der Waals surface area contributed by atoms with Crippen molar-refractivity contribution in [2.75, 3.05) is 5.32 Å². The van der Waals surface area contributed by atoms with Crippen LogP contribution >= 0.6 is 0 Å². The lowest BCUT2D eigenvalue weighted by atomic mass is 9.85. The molecule has 0 radical (unpaired) electrons. The highest BCUT2D eigenvalue weighted by Crippen LogP contribution is 2.27. The van der Waals surface area contributed by atoms with E-state index in [0.717, 1.165) is 48.2 Å². The second kappa shape index (κ2) is 9.27. The molecular weight excluding hydrogens is 396 g/mol. The smallest absolute Gasteiger partial charge is 0.223 e. The third kappa shape index (κ3) is 4.67. The molecule has 3 aromatic carbocycles. The monoisotopic (exact) mass is 424 g/mol. The number of fused-ring (bicyclic) bond motifs is 1. The van der Waals surface area contributed by atoms with Gasteiger partial charge in [-0.3, -0.25) is 4.79 Å². The predicted molar refractivity (Wildman–Crippen MR) is 129 cm³/mol. The Balaban J connectivity index is 1.12. The number of aromatic nitrogens is 2. The summed E-state index contributed by atoms with van der Waals surface area (Å²) in [5, 5.41) is 6.66. The first-order valence-corrected chi connectivity index (χ1v) is 11.4. The van der Waals surface area contributed by atoms with Crippen LogP contribution in [0, 0.1) is 5.92 Å². The molecule has 32 heavy (non-hydrogen) atoms. The van der Waals surface area contributed by atoms with Crippen LogP contribution in [0.3, 0.4) is 0 Å². The van der Waals surface area contributed by atoms with Crippen LogP contribution < -0.4 is 10.6 Å². The summed E-state index contributed by atoms with van der Waals surface area (Å²) in [4.78, 5) is 20.7. The quantitative estimate of drug-likeness (QED) is 0.382. The predicted octanol–water partition coefficient (Wildman–Crippen LogP) is 5.52. The molecular formula is C27H28N4O. The van der Waals surface area contributed by atoms with Gasteiger partial charge >= 0.3 is 0 Å². The lowest BCUT2D eigenvalue weighted by molar-refractivity contribution is -0.126. The van der Waals surface area contributed by atoms with E-state index < -0.39 is 0 Å². The van der Waals surface area contributed by atoms with E-state index in [1.54, 1.807) is 0 Å². The second-order valence-electron chi connectivity index (χ2n) is 8.58. The summed E-state index contributed by atoms with van der Waals surface area (Å²) in [5.74, 6) is 1.07. The molecule has 0 unspecified atom stereocenters. The van der Waals surface area contributed by atoms with Gasteiger partial charge in [-0.05, 0) is 60.6 Å². The van der Waals surface area contributed by atoms with Gasteiger partial charge in [0.15, 0.2) is 0 Å². The standard InChI is InChI=1S/C27H28N4O/c32-26(28-18-19-7-6-10-22(17-19)20-8-2-1-3-9-20)21-13-15-23(16-14-21)29-27-30-24-11-4-5-12-25(24)31-27/h1-12,17,21,23H,13-16,18H2,(H,28,32)(H2,29,30,31). The molecule has 0 saturated heterocycles. The van der Waals surface area contributed by atoms with E-state index >= 15 is 0 Å². The van der Waals surface area contributed by atoms with Crippen LogP contribution in [0.25, 0.3) is 22.2 Å².